The van der Waals surface area contributed by atoms with Crippen molar-refractivity contribution in [2.45, 2.75) is 82.2 Å². The number of hydrogen-bond donors (Lipinski definition) is 1. The second kappa shape index (κ2) is 10.1. The standard InChI is InChI=1S/C21H34N4O2/c22-16-21(9-5-2-6-10-21)24-20(26)19(15-18-7-3-1-4-8-18)23-17-25-11-13-27-14-12-25/h17-19H,1-15H2,(H,24,26). The van der Waals surface area contributed by atoms with E-state index >= 15 is 0 Å². The lowest BCUT2D eigenvalue weighted by Crippen LogP contribution is -2.52. The summed E-state index contributed by atoms with van der Waals surface area (Å²) in [5, 5.41) is 12.8. The van der Waals surface area contributed by atoms with E-state index in [-0.39, 0.29) is 11.9 Å². The van der Waals surface area contributed by atoms with Crippen LogP contribution < -0.4 is 5.32 Å². The molecule has 0 radical (unpaired) electrons. The van der Waals surface area contributed by atoms with Crippen LogP contribution in [0.5, 0.6) is 0 Å². The van der Waals surface area contributed by atoms with E-state index in [1.54, 1.807) is 0 Å². The topological polar surface area (TPSA) is 77.7 Å². The highest BCUT2D eigenvalue weighted by Gasteiger charge is 2.36. The molecule has 2 saturated carbocycles. The van der Waals surface area contributed by atoms with Crippen molar-refractivity contribution >= 4 is 12.2 Å². The van der Waals surface area contributed by atoms with Crippen molar-refractivity contribution in [1.82, 2.24) is 10.2 Å². The Morgan fingerprint density at radius 3 is 2.52 bits per heavy atom. The number of hydrogen-bond acceptors (Lipinski definition) is 4. The van der Waals surface area contributed by atoms with Crippen LogP contribution in [0.3, 0.4) is 0 Å². The van der Waals surface area contributed by atoms with Gasteiger partial charge in [-0.2, -0.15) is 5.26 Å². The van der Waals surface area contributed by atoms with Gasteiger partial charge in [0, 0.05) is 13.1 Å². The molecular weight excluding hydrogens is 340 g/mol. The number of nitriles is 1. The first-order valence-electron chi connectivity index (χ1n) is 10.8. The minimum absolute atomic E-state index is 0.0615. The van der Waals surface area contributed by atoms with Crippen LogP contribution in [0.25, 0.3) is 0 Å². The number of amides is 1. The van der Waals surface area contributed by atoms with Crippen molar-refractivity contribution in [2.75, 3.05) is 26.3 Å². The molecule has 1 heterocycles. The summed E-state index contributed by atoms with van der Waals surface area (Å²) in [5.74, 6) is 0.509. The van der Waals surface area contributed by atoms with Crippen molar-refractivity contribution in [3.63, 3.8) is 0 Å². The van der Waals surface area contributed by atoms with Crippen LogP contribution >= 0.6 is 0 Å². The van der Waals surface area contributed by atoms with Gasteiger partial charge < -0.3 is 15.0 Å². The van der Waals surface area contributed by atoms with Gasteiger partial charge in [0.2, 0.25) is 5.91 Å². The number of nitrogens with zero attached hydrogens (tertiary/aromatic N) is 3. The summed E-state index contributed by atoms with van der Waals surface area (Å²) in [7, 11) is 0. The molecule has 3 aliphatic rings. The Morgan fingerprint density at radius 1 is 1.19 bits per heavy atom. The van der Waals surface area contributed by atoms with Crippen molar-refractivity contribution in [3.8, 4) is 6.07 Å². The third kappa shape index (κ3) is 5.93. The van der Waals surface area contributed by atoms with Gasteiger partial charge in [0.1, 0.15) is 11.6 Å². The zero-order chi connectivity index (χ0) is 19.0. The first-order chi connectivity index (χ1) is 13.2. The van der Waals surface area contributed by atoms with E-state index in [1.807, 2.05) is 6.34 Å². The summed E-state index contributed by atoms with van der Waals surface area (Å²) in [6.07, 6.45) is 13.6. The number of carbonyl (C=O) groups is 1. The van der Waals surface area contributed by atoms with Crippen LogP contribution in [-0.2, 0) is 9.53 Å². The summed E-state index contributed by atoms with van der Waals surface area (Å²) < 4.78 is 5.39. The first kappa shape index (κ1) is 20.1. The van der Waals surface area contributed by atoms with E-state index in [4.69, 9.17) is 9.73 Å². The third-order valence-corrected chi connectivity index (χ3v) is 6.32. The monoisotopic (exact) mass is 374 g/mol. The predicted molar refractivity (Wildman–Crippen MR) is 105 cm³/mol. The van der Waals surface area contributed by atoms with Crippen LogP contribution in [0.15, 0.2) is 4.99 Å². The van der Waals surface area contributed by atoms with Crippen LogP contribution in [0.1, 0.15) is 70.6 Å². The fourth-order valence-electron chi connectivity index (χ4n) is 4.58. The lowest BCUT2D eigenvalue weighted by atomic mass is 9.82. The van der Waals surface area contributed by atoms with E-state index in [1.165, 1.54) is 32.1 Å². The zero-order valence-electron chi connectivity index (χ0n) is 16.5. The van der Waals surface area contributed by atoms with Crippen LogP contribution in [-0.4, -0.2) is 55.0 Å². The highest BCUT2D eigenvalue weighted by atomic mass is 16.5. The van der Waals surface area contributed by atoms with Gasteiger partial charge in [0.05, 0.1) is 25.6 Å². The number of aliphatic imine (C=N–C) groups is 1. The second-order valence-corrected chi connectivity index (χ2v) is 8.41. The Hall–Kier alpha value is -1.61. The average Bonchev–Trinajstić information content (AvgIpc) is 2.73. The van der Waals surface area contributed by atoms with E-state index in [0.29, 0.717) is 19.1 Å². The molecule has 0 spiro atoms. The highest BCUT2D eigenvalue weighted by molar-refractivity contribution is 5.84. The van der Waals surface area contributed by atoms with Gasteiger partial charge in [-0.15, -0.1) is 0 Å². The molecule has 2 aliphatic carbocycles. The minimum Gasteiger partial charge on any atom is -0.378 e. The maximum atomic E-state index is 13.1. The summed E-state index contributed by atoms with van der Waals surface area (Å²) in [4.78, 5) is 19.9. The van der Waals surface area contributed by atoms with Gasteiger partial charge >= 0.3 is 0 Å². The molecular formula is C21H34N4O2. The maximum absolute atomic E-state index is 13.1. The molecule has 1 atom stereocenters. The van der Waals surface area contributed by atoms with E-state index < -0.39 is 5.54 Å². The lowest BCUT2D eigenvalue weighted by molar-refractivity contribution is -0.124. The van der Waals surface area contributed by atoms with Gasteiger partial charge in [0.15, 0.2) is 0 Å². The van der Waals surface area contributed by atoms with Gasteiger partial charge in [-0.1, -0.05) is 51.4 Å². The van der Waals surface area contributed by atoms with Crippen LogP contribution in [0.4, 0.5) is 0 Å². The zero-order valence-corrected chi connectivity index (χ0v) is 16.5. The fraction of sp³-hybridized carbons (Fsp3) is 0.857. The largest absolute Gasteiger partial charge is 0.378 e. The summed E-state index contributed by atoms with van der Waals surface area (Å²) in [5.41, 5.74) is -0.686. The van der Waals surface area contributed by atoms with Gasteiger partial charge in [-0.3, -0.25) is 9.79 Å². The highest BCUT2D eigenvalue weighted by Crippen LogP contribution is 2.30. The van der Waals surface area contributed by atoms with Crippen molar-refractivity contribution in [2.24, 2.45) is 10.9 Å². The second-order valence-electron chi connectivity index (χ2n) is 8.41. The molecule has 1 unspecified atom stereocenters. The van der Waals surface area contributed by atoms with Crippen LogP contribution in [0, 0.1) is 17.2 Å². The fourth-order valence-corrected chi connectivity index (χ4v) is 4.58. The molecule has 1 aliphatic heterocycles. The lowest BCUT2D eigenvalue weighted by Gasteiger charge is -2.33. The van der Waals surface area contributed by atoms with E-state index in [9.17, 15) is 10.1 Å². The first-order valence-corrected chi connectivity index (χ1v) is 10.8. The van der Waals surface area contributed by atoms with Crippen molar-refractivity contribution < 1.29 is 9.53 Å². The Labute approximate surface area is 163 Å². The van der Waals surface area contributed by atoms with Gasteiger partial charge in [-0.05, 0) is 25.2 Å². The Bertz CT molecular complexity index is 539. The van der Waals surface area contributed by atoms with E-state index in [2.05, 4.69) is 16.3 Å². The predicted octanol–water partition coefficient (Wildman–Crippen LogP) is 3.03. The molecule has 0 aromatic carbocycles. The molecule has 0 aromatic rings. The molecule has 3 rings (SSSR count). The third-order valence-electron chi connectivity index (χ3n) is 6.32. The Balaban J connectivity index is 1.65. The maximum Gasteiger partial charge on any atom is 0.246 e. The summed E-state index contributed by atoms with van der Waals surface area (Å²) in [6.45, 7) is 3.07. The summed E-state index contributed by atoms with van der Waals surface area (Å²) >= 11 is 0. The quantitative estimate of drug-likeness (QED) is 0.573. The van der Waals surface area contributed by atoms with Gasteiger partial charge in [-0.25, -0.2) is 0 Å². The Morgan fingerprint density at radius 2 is 1.85 bits per heavy atom. The van der Waals surface area contributed by atoms with Gasteiger partial charge in [0.25, 0.3) is 0 Å². The molecule has 0 aromatic heterocycles. The molecule has 1 N–H and O–H groups in total. The van der Waals surface area contributed by atoms with Crippen molar-refractivity contribution in [3.05, 3.63) is 0 Å². The normalized spacial score (nSPS) is 25.1. The Kier molecular flexibility index (Phi) is 7.51. The molecule has 1 saturated heterocycles. The molecule has 3 fully saturated rings. The van der Waals surface area contributed by atoms with Crippen LogP contribution in [0.2, 0.25) is 0 Å². The average molecular weight is 375 g/mol. The molecule has 6 nitrogen and oxygen atoms in total. The number of nitrogens with one attached hydrogen (secondary N) is 1. The molecule has 27 heavy (non-hydrogen) atoms. The minimum atomic E-state index is -0.686. The summed E-state index contributed by atoms with van der Waals surface area (Å²) in [6, 6.07) is 2.02. The molecule has 1 amide bonds. The van der Waals surface area contributed by atoms with E-state index in [0.717, 1.165) is 51.6 Å². The molecule has 6 heteroatoms. The number of ether oxygens (including phenoxy) is 1. The molecule has 0 bridgehead atoms. The number of morpholine rings is 1. The van der Waals surface area contributed by atoms with Crippen molar-refractivity contribution in [1.29, 1.82) is 5.26 Å². The number of rotatable bonds is 6. The molecule has 150 valence electrons. The smallest absolute Gasteiger partial charge is 0.246 e. The number of carbonyl (C=O) groups excluding carboxylic acids is 1. The SMILES string of the molecule is N#CC1(NC(=O)C(CC2CCCCC2)N=CN2CCOCC2)CCCCC1.